The van der Waals surface area contributed by atoms with Gasteiger partial charge in [0.2, 0.25) is 0 Å². The van der Waals surface area contributed by atoms with Gasteiger partial charge < -0.3 is 25.8 Å². The number of aliphatic hydroxyl groups is 1. The van der Waals surface area contributed by atoms with Gasteiger partial charge in [-0.1, -0.05) is 26.0 Å². The molecule has 0 spiro atoms. The van der Waals surface area contributed by atoms with Gasteiger partial charge in [-0.25, -0.2) is 4.98 Å². The van der Waals surface area contributed by atoms with Crippen molar-refractivity contribution in [1.82, 2.24) is 19.9 Å². The number of nitrogens with zero attached hydrogens (tertiary/aromatic N) is 3. The molecule has 3 aromatic rings. The van der Waals surface area contributed by atoms with E-state index in [0.29, 0.717) is 29.3 Å². The third kappa shape index (κ3) is 6.27. The number of fused-ring (bicyclic) bond motifs is 1. The van der Waals surface area contributed by atoms with Gasteiger partial charge in [-0.05, 0) is 68.1 Å². The first-order valence-corrected chi connectivity index (χ1v) is 13.9. The number of rotatable bonds is 11. The van der Waals surface area contributed by atoms with Crippen LogP contribution >= 0.6 is 0 Å². The lowest BCUT2D eigenvalue weighted by Gasteiger charge is -2.23. The molecule has 1 saturated carbocycles. The summed E-state index contributed by atoms with van der Waals surface area (Å²) in [5.41, 5.74) is 4.20. The third-order valence-corrected chi connectivity index (χ3v) is 7.41. The van der Waals surface area contributed by atoms with Crippen molar-refractivity contribution in [2.45, 2.75) is 65.0 Å². The summed E-state index contributed by atoms with van der Waals surface area (Å²) in [6.07, 6.45) is 6.88. The van der Waals surface area contributed by atoms with Crippen molar-refractivity contribution >= 4 is 23.2 Å². The summed E-state index contributed by atoms with van der Waals surface area (Å²) >= 11 is 0. The second kappa shape index (κ2) is 11.7. The number of amides is 1. The summed E-state index contributed by atoms with van der Waals surface area (Å²) in [7, 11) is 0. The van der Waals surface area contributed by atoms with E-state index in [9.17, 15) is 9.90 Å². The Balaban J connectivity index is 1.47. The van der Waals surface area contributed by atoms with Crippen LogP contribution in [-0.4, -0.2) is 64.1 Å². The predicted molar refractivity (Wildman–Crippen MR) is 150 cm³/mol. The molecule has 1 amide bonds. The molecule has 2 aliphatic rings. The fourth-order valence-corrected chi connectivity index (χ4v) is 5.10. The van der Waals surface area contributed by atoms with Crippen LogP contribution in [0, 0.1) is 18.8 Å². The molecule has 5 rings (SSSR count). The molecular weight excluding hydrogens is 480 g/mol. The number of nitrogens with one attached hydrogen (secondary N) is 3. The summed E-state index contributed by atoms with van der Waals surface area (Å²) in [4.78, 5) is 17.6. The number of benzene rings is 1. The number of anilines is 2. The first-order chi connectivity index (χ1) is 18.4. The van der Waals surface area contributed by atoms with Crippen LogP contribution in [0.2, 0.25) is 0 Å². The van der Waals surface area contributed by atoms with Gasteiger partial charge in [-0.15, -0.1) is 0 Å². The highest BCUT2D eigenvalue weighted by molar-refractivity contribution is 5.97. The van der Waals surface area contributed by atoms with E-state index >= 15 is 0 Å². The molecule has 1 aliphatic carbocycles. The molecule has 1 unspecified atom stereocenters. The molecule has 9 nitrogen and oxygen atoms in total. The Hall–Kier alpha value is -3.17. The quantitative estimate of drug-likeness (QED) is 0.299. The molecule has 0 radical (unpaired) electrons. The van der Waals surface area contributed by atoms with Crippen LogP contribution < -0.4 is 16.0 Å². The molecular formula is C29H40N6O3. The van der Waals surface area contributed by atoms with Crippen LogP contribution in [-0.2, 0) is 4.74 Å². The highest BCUT2D eigenvalue weighted by atomic mass is 16.5. The minimum atomic E-state index is -0.0915. The van der Waals surface area contributed by atoms with Crippen molar-refractivity contribution in [1.29, 1.82) is 0 Å². The van der Waals surface area contributed by atoms with Crippen LogP contribution in [0.15, 0.2) is 30.5 Å². The lowest BCUT2D eigenvalue weighted by molar-refractivity contribution is 0.0699. The molecule has 204 valence electrons. The zero-order chi connectivity index (χ0) is 26.6. The van der Waals surface area contributed by atoms with Crippen molar-refractivity contribution in [2.24, 2.45) is 11.8 Å². The molecule has 9 heteroatoms. The second-order valence-electron chi connectivity index (χ2n) is 11.2. The monoisotopic (exact) mass is 520 g/mol. The molecule has 1 saturated heterocycles. The van der Waals surface area contributed by atoms with Crippen LogP contribution in [0.1, 0.15) is 61.9 Å². The van der Waals surface area contributed by atoms with Crippen molar-refractivity contribution in [2.75, 3.05) is 37.0 Å². The molecule has 2 aromatic heterocycles. The number of ether oxygens (including phenoxy) is 1. The number of hydrogen-bond donors (Lipinski definition) is 4. The summed E-state index contributed by atoms with van der Waals surface area (Å²) < 4.78 is 7.37. The average Bonchev–Trinajstić information content (AvgIpc) is 3.62. The lowest BCUT2D eigenvalue weighted by Crippen LogP contribution is -2.27. The SMILES string of the molecule is Cc1cc(-c2cnn3c(NCC4CCOCC4)cc(NC(CO)CC(C)C)nc23)ccc1C(=O)NC1CC1. The van der Waals surface area contributed by atoms with Gasteiger partial charge in [0.15, 0.2) is 5.65 Å². The molecule has 1 aliphatic heterocycles. The van der Waals surface area contributed by atoms with Gasteiger partial charge >= 0.3 is 0 Å². The molecule has 3 heterocycles. The number of hydrogen-bond acceptors (Lipinski definition) is 7. The number of aromatic nitrogens is 3. The Labute approximate surface area is 224 Å². The Kier molecular flexibility index (Phi) is 8.14. The molecule has 1 aromatic carbocycles. The smallest absolute Gasteiger partial charge is 0.251 e. The molecule has 4 N–H and O–H groups in total. The van der Waals surface area contributed by atoms with Crippen LogP contribution in [0.5, 0.6) is 0 Å². The summed E-state index contributed by atoms with van der Waals surface area (Å²) in [5, 5.41) is 24.8. The van der Waals surface area contributed by atoms with E-state index in [1.165, 1.54) is 0 Å². The van der Waals surface area contributed by atoms with Gasteiger partial charge in [0.1, 0.15) is 11.6 Å². The highest BCUT2D eigenvalue weighted by Gasteiger charge is 2.25. The Morgan fingerprint density at radius 2 is 1.97 bits per heavy atom. The lowest BCUT2D eigenvalue weighted by atomic mass is 10.0. The highest BCUT2D eigenvalue weighted by Crippen LogP contribution is 2.30. The first kappa shape index (κ1) is 26.4. The second-order valence-corrected chi connectivity index (χ2v) is 11.2. The third-order valence-electron chi connectivity index (χ3n) is 7.41. The zero-order valence-corrected chi connectivity index (χ0v) is 22.7. The van der Waals surface area contributed by atoms with Crippen molar-refractivity contribution < 1.29 is 14.6 Å². The minimum Gasteiger partial charge on any atom is -0.394 e. The fraction of sp³-hybridized carbons (Fsp3) is 0.552. The van der Waals surface area contributed by atoms with Gasteiger partial charge in [-0.2, -0.15) is 9.61 Å². The maximum absolute atomic E-state index is 12.6. The standard InChI is InChI=1S/C29H40N6O3/c1-18(2)12-23(17-36)32-26-14-27(30-15-20-8-10-38-11-9-20)35-28(34-26)25(16-31-35)21-4-7-24(19(3)13-21)29(37)33-22-5-6-22/h4,7,13-14,16,18,20,22-23,30,36H,5-6,8-12,15,17H2,1-3H3,(H,32,34)(H,33,37). The van der Waals surface area contributed by atoms with E-state index in [-0.39, 0.29) is 18.6 Å². The van der Waals surface area contributed by atoms with E-state index in [1.54, 1.807) is 0 Å². The van der Waals surface area contributed by atoms with Gasteiger partial charge in [0.25, 0.3) is 5.91 Å². The number of carbonyl (C=O) groups excluding carboxylic acids is 1. The van der Waals surface area contributed by atoms with Crippen LogP contribution in [0.25, 0.3) is 16.8 Å². The molecule has 2 fully saturated rings. The Morgan fingerprint density at radius 3 is 2.66 bits per heavy atom. The van der Waals surface area contributed by atoms with Crippen LogP contribution in [0.4, 0.5) is 11.6 Å². The fourth-order valence-electron chi connectivity index (χ4n) is 5.10. The van der Waals surface area contributed by atoms with Crippen LogP contribution in [0.3, 0.4) is 0 Å². The minimum absolute atomic E-state index is 0.0131. The molecule has 38 heavy (non-hydrogen) atoms. The maximum atomic E-state index is 12.6. The summed E-state index contributed by atoms with van der Waals surface area (Å²) in [6, 6.07) is 8.10. The van der Waals surface area contributed by atoms with Gasteiger partial charge in [0, 0.05) is 43.0 Å². The predicted octanol–water partition coefficient (Wildman–Crippen LogP) is 4.25. The van der Waals surface area contributed by atoms with Crippen molar-refractivity contribution in [3.8, 4) is 11.1 Å². The van der Waals surface area contributed by atoms with Gasteiger partial charge in [-0.3, -0.25) is 4.79 Å². The van der Waals surface area contributed by atoms with Crippen molar-refractivity contribution in [3.63, 3.8) is 0 Å². The largest absolute Gasteiger partial charge is 0.394 e. The topological polar surface area (TPSA) is 113 Å². The Morgan fingerprint density at radius 1 is 1.18 bits per heavy atom. The number of carbonyl (C=O) groups is 1. The van der Waals surface area contributed by atoms with E-state index in [4.69, 9.17) is 14.8 Å². The average molecular weight is 521 g/mol. The van der Waals surface area contributed by atoms with E-state index in [1.807, 2.05) is 41.9 Å². The van der Waals surface area contributed by atoms with E-state index < -0.39 is 0 Å². The van der Waals surface area contributed by atoms with Gasteiger partial charge in [0.05, 0.1) is 18.8 Å². The summed E-state index contributed by atoms with van der Waals surface area (Å²) in [5.74, 6) is 2.53. The normalized spacial score (nSPS) is 17.1. The van der Waals surface area contributed by atoms with E-state index in [2.05, 4.69) is 29.8 Å². The molecule has 1 atom stereocenters. The molecule has 0 bridgehead atoms. The number of aliphatic hydroxyl groups excluding tert-OH is 1. The van der Waals surface area contributed by atoms with E-state index in [0.717, 1.165) is 80.0 Å². The Bertz CT molecular complexity index is 1260. The maximum Gasteiger partial charge on any atom is 0.251 e. The number of aryl methyl sites for hydroxylation is 1. The first-order valence-electron chi connectivity index (χ1n) is 13.9. The van der Waals surface area contributed by atoms with Crippen molar-refractivity contribution in [3.05, 3.63) is 41.6 Å². The zero-order valence-electron chi connectivity index (χ0n) is 22.7. The summed E-state index contributed by atoms with van der Waals surface area (Å²) in [6.45, 7) is 8.73.